The van der Waals surface area contributed by atoms with E-state index < -0.39 is 9.84 Å². The molecule has 0 bridgehead atoms. The molecule has 1 fully saturated rings. The fourth-order valence-electron chi connectivity index (χ4n) is 2.36. The van der Waals surface area contributed by atoms with Crippen molar-refractivity contribution in [2.24, 2.45) is 0 Å². The van der Waals surface area contributed by atoms with Crippen molar-refractivity contribution < 1.29 is 13.2 Å². The van der Waals surface area contributed by atoms with Gasteiger partial charge in [0.25, 0.3) is 0 Å². The minimum absolute atomic E-state index is 0.131. The van der Waals surface area contributed by atoms with Crippen LogP contribution in [0.3, 0.4) is 0 Å². The van der Waals surface area contributed by atoms with E-state index in [2.05, 4.69) is 12.2 Å². The molecule has 1 rings (SSSR count). The van der Waals surface area contributed by atoms with Crippen LogP contribution in [0.4, 0.5) is 0 Å². The Morgan fingerprint density at radius 1 is 1.35 bits per heavy atom. The highest BCUT2D eigenvalue weighted by Crippen LogP contribution is 2.25. The molecule has 0 aromatic rings. The Kier molecular flexibility index (Phi) is 6.44. The van der Waals surface area contributed by atoms with Crippen LogP contribution < -0.4 is 5.32 Å². The van der Waals surface area contributed by atoms with E-state index in [1.165, 1.54) is 0 Å². The molecule has 17 heavy (non-hydrogen) atoms. The second-order valence-corrected chi connectivity index (χ2v) is 7.15. The molecular weight excluding hydrogens is 238 g/mol. The summed E-state index contributed by atoms with van der Waals surface area (Å²) in [5.74, 6) is 0.321. The third-order valence-corrected chi connectivity index (χ3v) is 5.61. The minimum Gasteiger partial charge on any atom is -0.385 e. The number of nitrogens with one attached hydrogen (secondary N) is 1. The highest BCUT2D eigenvalue weighted by atomic mass is 32.2. The first-order valence-electron chi connectivity index (χ1n) is 6.54. The number of ether oxygens (including phenoxy) is 1. The molecule has 1 saturated heterocycles. The Balaban J connectivity index is 2.33. The molecule has 1 unspecified atom stereocenters. The Bertz CT molecular complexity index is 303. The maximum absolute atomic E-state index is 11.9. The molecule has 0 saturated carbocycles. The van der Waals surface area contributed by atoms with Gasteiger partial charge in [-0.15, -0.1) is 0 Å². The van der Waals surface area contributed by atoms with Gasteiger partial charge in [0, 0.05) is 19.8 Å². The van der Waals surface area contributed by atoms with Gasteiger partial charge < -0.3 is 10.1 Å². The third kappa shape index (κ3) is 4.94. The summed E-state index contributed by atoms with van der Waals surface area (Å²) < 4.78 is 28.8. The lowest BCUT2D eigenvalue weighted by Crippen LogP contribution is -2.30. The van der Waals surface area contributed by atoms with Crippen LogP contribution >= 0.6 is 0 Å². The van der Waals surface area contributed by atoms with Crippen LogP contribution in [-0.2, 0) is 14.6 Å². The van der Waals surface area contributed by atoms with Crippen molar-refractivity contribution >= 4 is 9.84 Å². The molecule has 5 heteroatoms. The van der Waals surface area contributed by atoms with E-state index in [1.807, 2.05) is 0 Å². The molecule has 102 valence electrons. The van der Waals surface area contributed by atoms with Crippen LogP contribution in [-0.4, -0.2) is 45.7 Å². The highest BCUT2D eigenvalue weighted by Gasteiger charge is 2.37. The van der Waals surface area contributed by atoms with Crippen LogP contribution in [0, 0.1) is 0 Å². The highest BCUT2D eigenvalue weighted by molar-refractivity contribution is 7.92. The molecular formula is C12H25NO3S. The van der Waals surface area contributed by atoms with Gasteiger partial charge in [0.15, 0.2) is 9.84 Å². The Hall–Kier alpha value is -0.130. The number of methoxy groups -OCH3 is 1. The molecule has 0 aliphatic carbocycles. The zero-order valence-electron chi connectivity index (χ0n) is 10.9. The van der Waals surface area contributed by atoms with Crippen molar-refractivity contribution in [3.63, 3.8) is 0 Å². The average Bonchev–Trinajstić information content (AvgIpc) is 2.57. The molecule has 0 amide bonds. The van der Waals surface area contributed by atoms with E-state index in [9.17, 15) is 8.42 Å². The molecule has 1 aliphatic rings. The molecule has 4 nitrogen and oxygen atoms in total. The number of sulfone groups is 1. The van der Waals surface area contributed by atoms with Crippen LogP contribution in [0.15, 0.2) is 0 Å². The lowest BCUT2D eigenvalue weighted by Gasteiger charge is -2.10. The molecule has 0 aromatic heterocycles. The van der Waals surface area contributed by atoms with E-state index in [0.29, 0.717) is 5.75 Å². The summed E-state index contributed by atoms with van der Waals surface area (Å²) in [6.07, 6.45) is 4.52. The summed E-state index contributed by atoms with van der Waals surface area (Å²) in [5, 5.41) is 3.18. The van der Waals surface area contributed by atoms with Crippen molar-refractivity contribution in [3.8, 4) is 0 Å². The van der Waals surface area contributed by atoms with E-state index in [-0.39, 0.29) is 11.3 Å². The van der Waals surface area contributed by atoms with E-state index in [4.69, 9.17) is 4.74 Å². The summed E-state index contributed by atoms with van der Waals surface area (Å²) in [4.78, 5) is 0. The smallest absolute Gasteiger partial charge is 0.154 e. The summed E-state index contributed by atoms with van der Waals surface area (Å²) in [7, 11) is -1.18. The van der Waals surface area contributed by atoms with Crippen LogP contribution in [0.25, 0.3) is 0 Å². The molecule has 1 aliphatic heterocycles. The normalized spacial score (nSPS) is 27.4. The predicted molar refractivity (Wildman–Crippen MR) is 70.0 cm³/mol. The first kappa shape index (κ1) is 14.9. The van der Waals surface area contributed by atoms with E-state index in [0.717, 1.165) is 45.3 Å². The van der Waals surface area contributed by atoms with E-state index >= 15 is 0 Å². The lowest BCUT2D eigenvalue weighted by molar-refractivity contribution is 0.192. The Morgan fingerprint density at radius 3 is 2.76 bits per heavy atom. The van der Waals surface area contributed by atoms with Gasteiger partial charge in [-0.2, -0.15) is 0 Å². The molecule has 2 atom stereocenters. The first-order valence-corrected chi connectivity index (χ1v) is 8.25. The molecule has 0 radical (unpaired) electrons. The SMILES string of the molecule is CCCNC1C[C@@H](CCCCOC)S(=O)(=O)C1. The second-order valence-electron chi connectivity index (χ2n) is 4.83. The van der Waals surface area contributed by atoms with Crippen LogP contribution in [0.2, 0.25) is 0 Å². The van der Waals surface area contributed by atoms with Crippen molar-refractivity contribution in [3.05, 3.63) is 0 Å². The zero-order valence-corrected chi connectivity index (χ0v) is 11.8. The van der Waals surface area contributed by atoms with Gasteiger partial charge in [-0.1, -0.05) is 6.92 Å². The Labute approximate surface area is 105 Å². The van der Waals surface area contributed by atoms with Gasteiger partial charge in [0.05, 0.1) is 11.0 Å². The molecule has 1 N–H and O–H groups in total. The maximum Gasteiger partial charge on any atom is 0.154 e. The summed E-state index contributed by atoms with van der Waals surface area (Å²) in [6, 6.07) is 0.173. The molecule has 0 spiro atoms. The predicted octanol–water partition coefficient (Wildman–Crippen LogP) is 1.36. The summed E-state index contributed by atoms with van der Waals surface area (Å²) in [5.41, 5.74) is 0. The average molecular weight is 263 g/mol. The number of hydrogen-bond donors (Lipinski definition) is 1. The van der Waals surface area contributed by atoms with Gasteiger partial charge >= 0.3 is 0 Å². The van der Waals surface area contributed by atoms with Crippen molar-refractivity contribution in [1.29, 1.82) is 0 Å². The molecule has 1 heterocycles. The monoisotopic (exact) mass is 263 g/mol. The second kappa shape index (κ2) is 7.34. The summed E-state index contributed by atoms with van der Waals surface area (Å²) in [6.45, 7) is 3.74. The largest absolute Gasteiger partial charge is 0.385 e. The van der Waals surface area contributed by atoms with E-state index in [1.54, 1.807) is 7.11 Å². The third-order valence-electron chi connectivity index (χ3n) is 3.30. The van der Waals surface area contributed by atoms with Crippen molar-refractivity contribution in [1.82, 2.24) is 5.32 Å². The van der Waals surface area contributed by atoms with Crippen molar-refractivity contribution in [2.45, 2.75) is 50.3 Å². The molecule has 0 aromatic carbocycles. The van der Waals surface area contributed by atoms with Gasteiger partial charge in [0.2, 0.25) is 0 Å². The Morgan fingerprint density at radius 2 is 2.12 bits per heavy atom. The minimum atomic E-state index is -2.86. The quantitative estimate of drug-likeness (QED) is 0.672. The standard InChI is InChI=1S/C12H25NO3S/c1-3-7-13-11-9-12(17(14,15)10-11)6-4-5-8-16-2/h11-13H,3-10H2,1-2H3/t11?,12-/m1/s1. The fourth-order valence-corrected chi connectivity index (χ4v) is 4.49. The zero-order chi connectivity index (χ0) is 12.7. The van der Waals surface area contributed by atoms with Crippen LogP contribution in [0.5, 0.6) is 0 Å². The number of unbranched alkanes of at least 4 members (excludes halogenated alkanes) is 1. The first-order chi connectivity index (χ1) is 8.10. The topological polar surface area (TPSA) is 55.4 Å². The van der Waals surface area contributed by atoms with Gasteiger partial charge in [-0.05, 0) is 38.6 Å². The van der Waals surface area contributed by atoms with Crippen LogP contribution in [0.1, 0.15) is 39.0 Å². The van der Waals surface area contributed by atoms with Crippen molar-refractivity contribution in [2.75, 3.05) is 26.0 Å². The fraction of sp³-hybridized carbons (Fsp3) is 1.00. The number of rotatable bonds is 8. The van der Waals surface area contributed by atoms with Gasteiger partial charge in [-0.25, -0.2) is 8.42 Å². The van der Waals surface area contributed by atoms with Gasteiger partial charge in [-0.3, -0.25) is 0 Å². The maximum atomic E-state index is 11.9. The summed E-state index contributed by atoms with van der Waals surface area (Å²) >= 11 is 0. The number of hydrogen-bond acceptors (Lipinski definition) is 4. The lowest BCUT2D eigenvalue weighted by atomic mass is 10.1. The van der Waals surface area contributed by atoms with Gasteiger partial charge in [0.1, 0.15) is 0 Å².